The smallest absolute Gasteiger partial charge is 0.251 e. The second-order valence-electron chi connectivity index (χ2n) is 7.35. The Labute approximate surface area is 186 Å². The van der Waals surface area contributed by atoms with Crippen molar-refractivity contribution in [1.82, 2.24) is 20.1 Å². The van der Waals surface area contributed by atoms with Gasteiger partial charge in [0, 0.05) is 17.8 Å². The molecule has 0 saturated carbocycles. The molecule has 0 bridgehead atoms. The van der Waals surface area contributed by atoms with E-state index in [1.165, 1.54) is 11.8 Å². The molecule has 1 heterocycles. The molecule has 0 aliphatic carbocycles. The van der Waals surface area contributed by atoms with Gasteiger partial charge in [-0.05, 0) is 51.5 Å². The number of hydrogen-bond acceptors (Lipinski definition) is 5. The minimum Gasteiger partial charge on any atom is -0.345 e. The topological polar surface area (TPSA) is 88.9 Å². The van der Waals surface area contributed by atoms with Crippen LogP contribution in [0, 0.1) is 20.8 Å². The number of anilines is 1. The van der Waals surface area contributed by atoms with Gasteiger partial charge in [0.25, 0.3) is 5.91 Å². The van der Waals surface area contributed by atoms with Crippen LogP contribution in [-0.2, 0) is 17.9 Å². The SMILES string of the molecule is CCn1c(CNC(=O)c2ccc(C)cc2)nnc1SCC(=O)Nc1ccc(C)cc1C. The fourth-order valence-corrected chi connectivity index (χ4v) is 3.93. The normalized spacial score (nSPS) is 10.7. The van der Waals surface area contributed by atoms with Crippen molar-refractivity contribution in [3.8, 4) is 0 Å². The van der Waals surface area contributed by atoms with Crippen molar-refractivity contribution in [2.45, 2.75) is 45.9 Å². The van der Waals surface area contributed by atoms with Crippen molar-refractivity contribution in [3.63, 3.8) is 0 Å². The van der Waals surface area contributed by atoms with Crippen molar-refractivity contribution < 1.29 is 9.59 Å². The third-order valence-corrected chi connectivity index (χ3v) is 5.79. The van der Waals surface area contributed by atoms with Crippen molar-refractivity contribution in [1.29, 1.82) is 0 Å². The molecular formula is C23H27N5O2S. The summed E-state index contributed by atoms with van der Waals surface area (Å²) in [4.78, 5) is 24.7. The van der Waals surface area contributed by atoms with Crippen LogP contribution in [0.4, 0.5) is 5.69 Å². The zero-order valence-corrected chi connectivity index (χ0v) is 19.0. The molecule has 0 unspecified atom stereocenters. The molecule has 0 atom stereocenters. The highest BCUT2D eigenvalue weighted by atomic mass is 32.2. The van der Waals surface area contributed by atoms with E-state index in [-0.39, 0.29) is 24.1 Å². The minimum absolute atomic E-state index is 0.100. The van der Waals surface area contributed by atoms with Gasteiger partial charge in [-0.1, -0.05) is 47.2 Å². The van der Waals surface area contributed by atoms with Crippen LogP contribution in [-0.4, -0.2) is 32.3 Å². The lowest BCUT2D eigenvalue weighted by Crippen LogP contribution is -2.24. The van der Waals surface area contributed by atoms with Crippen molar-refractivity contribution in [2.75, 3.05) is 11.1 Å². The number of carbonyl (C=O) groups excluding carboxylic acids is 2. The molecule has 8 heteroatoms. The molecular weight excluding hydrogens is 410 g/mol. The first-order chi connectivity index (χ1) is 14.9. The number of aryl methyl sites for hydroxylation is 3. The standard InChI is InChI=1S/C23H27N5O2S/c1-5-28-20(13-24-22(30)18-9-6-15(2)7-10-18)26-27-23(28)31-14-21(29)25-19-11-8-16(3)12-17(19)4/h6-12H,5,13-14H2,1-4H3,(H,24,30)(H,25,29). The van der Waals surface area contributed by atoms with Crippen LogP contribution in [0.5, 0.6) is 0 Å². The zero-order chi connectivity index (χ0) is 22.4. The van der Waals surface area contributed by atoms with E-state index in [0.717, 1.165) is 22.4 Å². The fourth-order valence-electron chi connectivity index (χ4n) is 3.11. The first-order valence-electron chi connectivity index (χ1n) is 10.1. The highest BCUT2D eigenvalue weighted by molar-refractivity contribution is 7.99. The van der Waals surface area contributed by atoms with Crippen LogP contribution >= 0.6 is 11.8 Å². The average molecular weight is 438 g/mol. The van der Waals surface area contributed by atoms with Gasteiger partial charge in [0.1, 0.15) is 0 Å². The maximum atomic E-state index is 12.4. The first-order valence-corrected chi connectivity index (χ1v) is 11.1. The van der Waals surface area contributed by atoms with E-state index in [9.17, 15) is 9.59 Å². The van der Waals surface area contributed by atoms with Gasteiger partial charge in [-0.15, -0.1) is 10.2 Å². The molecule has 162 valence electrons. The lowest BCUT2D eigenvalue weighted by atomic mass is 10.1. The summed E-state index contributed by atoms with van der Waals surface area (Å²) in [7, 11) is 0. The van der Waals surface area contributed by atoms with Gasteiger partial charge in [-0.25, -0.2) is 0 Å². The van der Waals surface area contributed by atoms with Gasteiger partial charge < -0.3 is 15.2 Å². The molecule has 31 heavy (non-hydrogen) atoms. The van der Waals surface area contributed by atoms with Gasteiger partial charge in [0.2, 0.25) is 5.91 Å². The summed E-state index contributed by atoms with van der Waals surface area (Å²) >= 11 is 1.33. The molecule has 3 rings (SSSR count). The van der Waals surface area contributed by atoms with Crippen molar-refractivity contribution in [3.05, 3.63) is 70.5 Å². The summed E-state index contributed by atoms with van der Waals surface area (Å²) in [5, 5.41) is 14.9. The van der Waals surface area contributed by atoms with E-state index in [4.69, 9.17) is 0 Å². The number of nitrogens with zero attached hydrogens (tertiary/aromatic N) is 3. The lowest BCUT2D eigenvalue weighted by molar-refractivity contribution is -0.113. The Morgan fingerprint density at radius 1 is 1.00 bits per heavy atom. The number of rotatable bonds is 8. The molecule has 2 amide bonds. The minimum atomic E-state index is -0.160. The molecule has 7 nitrogen and oxygen atoms in total. The quantitative estimate of drug-likeness (QED) is 0.522. The summed E-state index contributed by atoms with van der Waals surface area (Å²) < 4.78 is 1.91. The molecule has 0 spiro atoms. The Bertz CT molecular complexity index is 1080. The van der Waals surface area contributed by atoms with E-state index in [1.54, 1.807) is 12.1 Å². The lowest BCUT2D eigenvalue weighted by Gasteiger charge is -2.10. The number of hydrogen-bond donors (Lipinski definition) is 2. The monoisotopic (exact) mass is 437 g/mol. The van der Waals surface area contributed by atoms with Crippen LogP contribution < -0.4 is 10.6 Å². The zero-order valence-electron chi connectivity index (χ0n) is 18.2. The Morgan fingerprint density at radius 2 is 1.71 bits per heavy atom. The number of amides is 2. The first kappa shape index (κ1) is 22.6. The number of thioether (sulfide) groups is 1. The van der Waals surface area contributed by atoms with Crippen molar-refractivity contribution >= 4 is 29.3 Å². The van der Waals surface area contributed by atoms with E-state index >= 15 is 0 Å². The third kappa shape index (κ3) is 5.95. The average Bonchev–Trinajstić information content (AvgIpc) is 3.15. The van der Waals surface area contributed by atoms with Crippen LogP contribution in [0.2, 0.25) is 0 Å². The predicted octanol–water partition coefficient (Wildman–Crippen LogP) is 3.88. The molecule has 0 saturated heterocycles. The summed E-state index contributed by atoms with van der Waals surface area (Å²) in [6.45, 7) is 8.86. The molecule has 3 aromatic rings. The molecule has 0 radical (unpaired) electrons. The van der Waals surface area contributed by atoms with Gasteiger partial charge >= 0.3 is 0 Å². The highest BCUT2D eigenvalue weighted by Crippen LogP contribution is 2.20. The Morgan fingerprint density at radius 3 is 2.39 bits per heavy atom. The molecule has 0 aliphatic heterocycles. The molecule has 0 fully saturated rings. The van der Waals surface area contributed by atoms with Gasteiger partial charge in [0.05, 0.1) is 12.3 Å². The molecule has 0 aliphatic rings. The van der Waals surface area contributed by atoms with Crippen molar-refractivity contribution in [2.24, 2.45) is 0 Å². The Hall–Kier alpha value is -3.13. The predicted molar refractivity (Wildman–Crippen MR) is 123 cm³/mol. The summed E-state index contributed by atoms with van der Waals surface area (Å²) in [6.07, 6.45) is 0. The molecule has 2 N–H and O–H groups in total. The van der Waals surface area contributed by atoms with Gasteiger partial charge in [-0.2, -0.15) is 0 Å². The fraction of sp³-hybridized carbons (Fsp3) is 0.304. The van der Waals surface area contributed by atoms with Gasteiger partial charge in [-0.3, -0.25) is 9.59 Å². The van der Waals surface area contributed by atoms with E-state index in [1.807, 2.05) is 62.6 Å². The number of aromatic nitrogens is 3. The maximum absolute atomic E-state index is 12.4. The van der Waals surface area contributed by atoms with Crippen LogP contribution in [0.15, 0.2) is 47.6 Å². The van der Waals surface area contributed by atoms with Crippen LogP contribution in [0.3, 0.4) is 0 Å². The summed E-state index contributed by atoms with van der Waals surface area (Å²) in [5.41, 5.74) is 4.70. The van der Waals surface area contributed by atoms with Crippen LogP contribution in [0.25, 0.3) is 0 Å². The van der Waals surface area contributed by atoms with E-state index in [2.05, 4.69) is 20.8 Å². The number of carbonyl (C=O) groups is 2. The Balaban J connectivity index is 1.57. The molecule has 2 aromatic carbocycles. The Kier molecular flexibility index (Phi) is 7.46. The largest absolute Gasteiger partial charge is 0.345 e. The second kappa shape index (κ2) is 10.3. The van der Waals surface area contributed by atoms with E-state index in [0.29, 0.717) is 23.1 Å². The third-order valence-electron chi connectivity index (χ3n) is 4.82. The highest BCUT2D eigenvalue weighted by Gasteiger charge is 2.15. The number of benzene rings is 2. The maximum Gasteiger partial charge on any atom is 0.251 e. The number of nitrogens with one attached hydrogen (secondary N) is 2. The molecule has 1 aromatic heterocycles. The van der Waals surface area contributed by atoms with E-state index < -0.39 is 0 Å². The van der Waals surface area contributed by atoms with Crippen LogP contribution in [0.1, 0.15) is 39.8 Å². The second-order valence-corrected chi connectivity index (χ2v) is 8.29. The summed E-state index contributed by atoms with van der Waals surface area (Å²) in [5.74, 6) is 0.617. The van der Waals surface area contributed by atoms with Gasteiger partial charge in [0.15, 0.2) is 11.0 Å². The summed E-state index contributed by atoms with van der Waals surface area (Å²) in [6, 6.07) is 13.3.